The number of piperidine rings is 1. The molecule has 1 fully saturated rings. The molecule has 1 aliphatic heterocycles. The van der Waals surface area contributed by atoms with Gasteiger partial charge in [0.25, 0.3) is 0 Å². The molecule has 0 unspecified atom stereocenters. The van der Waals surface area contributed by atoms with Gasteiger partial charge in [-0.3, -0.25) is 26.3 Å². The van der Waals surface area contributed by atoms with Crippen LogP contribution in [-0.2, 0) is 9.59 Å². The summed E-state index contributed by atoms with van der Waals surface area (Å²) in [5.41, 5.74) is 1.55. The van der Waals surface area contributed by atoms with Crippen molar-refractivity contribution in [2.45, 2.75) is 32.1 Å². The second-order valence-electron chi connectivity index (χ2n) is 6.66. The quantitative estimate of drug-likeness (QED) is 0.0745. The van der Waals surface area contributed by atoms with Crippen molar-refractivity contribution >= 4 is 48.0 Å². The van der Waals surface area contributed by atoms with Gasteiger partial charge in [0.05, 0.1) is 12.1 Å². The Kier molecular flexibility index (Phi) is 25.7. The first-order valence-electron chi connectivity index (χ1n) is 10.2. The van der Waals surface area contributed by atoms with Crippen molar-refractivity contribution in [3.05, 3.63) is 82.0 Å². The summed E-state index contributed by atoms with van der Waals surface area (Å²) in [6.45, 7) is 6.98. The van der Waals surface area contributed by atoms with Crippen LogP contribution in [-0.4, -0.2) is 36.2 Å². The summed E-state index contributed by atoms with van der Waals surface area (Å²) in [5, 5.41) is 14.5. The molecule has 0 aromatic carbocycles. The maximum absolute atomic E-state index is 11.9. The molecule has 3 rings (SSSR count). The number of halogens is 3. The first kappa shape index (κ1) is 38.1. The molecular formula is C23H26Cl3LiN5O4-. The number of nitrogens with zero attached hydrogens (tertiary/aromatic N) is 3. The SMILES string of the molecule is Cl.O=C(CCCC[N-]Cl)c1ccc[nH+]c1.O=C1NCCC/C1=C(/[O-])c1cccnc1.[C-]#[N+]C=O.[Cl-].[Li+]. The molecule has 1 saturated heterocycles. The molecule has 0 radical (unpaired) electrons. The number of pyridine rings is 2. The number of H-pyrrole nitrogens is 1. The number of nitrogens with one attached hydrogen (secondary N) is 2. The van der Waals surface area contributed by atoms with E-state index in [9.17, 15) is 14.7 Å². The Labute approximate surface area is 240 Å². The van der Waals surface area contributed by atoms with E-state index < -0.39 is 0 Å². The fraction of sp³-hybridized carbons (Fsp3) is 0.304. The van der Waals surface area contributed by atoms with Crippen LogP contribution in [0.3, 0.4) is 0 Å². The summed E-state index contributed by atoms with van der Waals surface area (Å²) in [5.74, 6) is -0.285. The van der Waals surface area contributed by atoms with Crippen molar-refractivity contribution in [2.75, 3.05) is 13.1 Å². The van der Waals surface area contributed by atoms with Crippen LogP contribution < -0.4 is 46.7 Å². The van der Waals surface area contributed by atoms with Gasteiger partial charge in [-0.2, -0.15) is 0 Å². The normalized spacial score (nSPS) is 12.5. The maximum atomic E-state index is 11.9. The molecule has 2 N–H and O–H groups in total. The van der Waals surface area contributed by atoms with Crippen molar-refractivity contribution in [1.82, 2.24) is 10.3 Å². The number of ketones is 1. The van der Waals surface area contributed by atoms with Crippen LogP contribution in [0, 0.1) is 6.57 Å². The first-order chi connectivity index (χ1) is 16.0. The van der Waals surface area contributed by atoms with Gasteiger partial charge in [0.1, 0.15) is 0 Å². The molecule has 0 bridgehead atoms. The molecule has 0 atom stereocenters. The van der Waals surface area contributed by atoms with Gasteiger partial charge in [-0.15, -0.1) is 19.0 Å². The standard InChI is InChI=1S/C11H12N2O2.C10H12ClN2O.C2HNO.2ClH.Li/c14-10(8-3-1-5-12-7-8)9-4-2-6-13-11(9)15;11-13-7-2-1-5-10(14)9-4-3-6-12-8-9;1-3-2-4;;;/h1,3,5,7,14H,2,4,6H2,(H,13,15);3-4,6,8H,1-2,5,7H2;2H;2*1H;/q;-1;;;;+1/p-1/b10-9-;;;;;. The minimum atomic E-state index is -0.241. The van der Waals surface area contributed by atoms with Crippen molar-refractivity contribution in [2.24, 2.45) is 0 Å². The third kappa shape index (κ3) is 15.5. The van der Waals surface area contributed by atoms with E-state index in [4.69, 9.17) is 23.1 Å². The van der Waals surface area contributed by atoms with Gasteiger partial charge < -0.3 is 32.5 Å². The number of aromatic amines is 1. The number of carbonyl (C=O) groups is 3. The second kappa shape index (κ2) is 24.3. The zero-order valence-electron chi connectivity index (χ0n) is 19.8. The number of amides is 2. The smallest absolute Gasteiger partial charge is 1.00 e. The average Bonchev–Trinajstić information content (AvgIpc) is 2.88. The Morgan fingerprint density at radius 2 is 2.00 bits per heavy atom. The number of carbonyl (C=O) groups excluding carboxylic acids is 3. The minimum Gasteiger partial charge on any atom is -1.00 e. The monoisotopic (exact) mass is 548 g/mol. The van der Waals surface area contributed by atoms with E-state index in [1.807, 2.05) is 12.1 Å². The van der Waals surface area contributed by atoms with E-state index >= 15 is 0 Å². The number of aromatic nitrogens is 2. The van der Waals surface area contributed by atoms with Crippen LogP contribution in [0.15, 0.2) is 54.6 Å². The fourth-order valence-electron chi connectivity index (χ4n) is 2.74. The van der Waals surface area contributed by atoms with E-state index in [-0.39, 0.29) is 67.5 Å². The number of hydrogen-bond acceptors (Lipinski definition) is 5. The molecule has 0 spiro atoms. The van der Waals surface area contributed by atoms with Crippen molar-refractivity contribution in [1.29, 1.82) is 0 Å². The first-order valence-corrected chi connectivity index (χ1v) is 10.5. The van der Waals surface area contributed by atoms with Crippen LogP contribution >= 0.6 is 24.2 Å². The van der Waals surface area contributed by atoms with Crippen LogP contribution in [0.25, 0.3) is 15.4 Å². The Morgan fingerprint density at radius 1 is 1.31 bits per heavy atom. The summed E-state index contributed by atoms with van der Waals surface area (Å²) in [4.78, 5) is 44.3. The molecule has 13 heteroatoms. The molecule has 2 aromatic rings. The van der Waals surface area contributed by atoms with Gasteiger partial charge in [0, 0.05) is 37.0 Å². The van der Waals surface area contributed by atoms with Gasteiger partial charge in [0.2, 0.25) is 5.91 Å². The summed E-state index contributed by atoms with van der Waals surface area (Å²) in [6.07, 6.45) is 10.4. The Bertz CT molecular complexity index is 961. The third-order valence-electron chi connectivity index (χ3n) is 4.34. The summed E-state index contributed by atoms with van der Waals surface area (Å²) in [7, 11) is 0. The number of unbranched alkanes of at least 4 members (excludes halogenated alkanes) is 1. The van der Waals surface area contributed by atoms with Gasteiger partial charge in [-0.25, -0.2) is 9.83 Å². The molecule has 0 aliphatic carbocycles. The molecule has 3 heterocycles. The van der Waals surface area contributed by atoms with Crippen LogP contribution in [0.5, 0.6) is 0 Å². The van der Waals surface area contributed by atoms with Crippen molar-refractivity contribution in [3.63, 3.8) is 0 Å². The minimum absolute atomic E-state index is 0. The molecule has 36 heavy (non-hydrogen) atoms. The zero-order chi connectivity index (χ0) is 24.3. The molecule has 9 nitrogen and oxygen atoms in total. The molecule has 0 saturated carbocycles. The molecule has 1 aliphatic rings. The van der Waals surface area contributed by atoms with E-state index in [2.05, 4.69) is 25.0 Å². The van der Waals surface area contributed by atoms with Crippen LogP contribution in [0.1, 0.15) is 48.0 Å². The average molecular weight is 550 g/mol. The molecule has 2 amide bonds. The summed E-state index contributed by atoms with van der Waals surface area (Å²) in [6, 6.07) is 6.99. The molecular weight excluding hydrogens is 524 g/mol. The van der Waals surface area contributed by atoms with Crippen LogP contribution in [0.2, 0.25) is 0 Å². The Morgan fingerprint density at radius 3 is 2.53 bits per heavy atom. The Balaban J connectivity index is -0.000000492. The van der Waals surface area contributed by atoms with Crippen LogP contribution in [0.4, 0.5) is 0 Å². The van der Waals surface area contributed by atoms with Gasteiger partial charge in [-0.05, 0) is 37.0 Å². The third-order valence-corrected chi connectivity index (χ3v) is 4.51. The predicted molar refractivity (Wildman–Crippen MR) is 129 cm³/mol. The van der Waals surface area contributed by atoms with E-state index in [0.717, 1.165) is 24.8 Å². The molecule has 2 aromatic heterocycles. The number of rotatable bonds is 7. The second-order valence-corrected chi connectivity index (χ2v) is 6.90. The van der Waals surface area contributed by atoms with E-state index in [0.29, 0.717) is 37.1 Å². The number of Topliss-reactive ketones (excluding diaryl/α,β-unsaturated/α-hetero) is 1. The predicted octanol–water partition coefficient (Wildman–Crippen LogP) is -3.06. The molecule has 190 valence electrons. The van der Waals surface area contributed by atoms with Crippen molar-refractivity contribution < 1.29 is 55.7 Å². The van der Waals surface area contributed by atoms with Gasteiger partial charge in [0.15, 0.2) is 18.2 Å². The summed E-state index contributed by atoms with van der Waals surface area (Å²) >= 11 is 5.17. The van der Waals surface area contributed by atoms with E-state index in [1.54, 1.807) is 30.7 Å². The van der Waals surface area contributed by atoms with Gasteiger partial charge in [-0.1, -0.05) is 18.2 Å². The number of hydrogen-bond donors (Lipinski definition) is 1. The largest absolute Gasteiger partial charge is 1.00 e. The van der Waals surface area contributed by atoms with Crippen molar-refractivity contribution in [3.8, 4) is 0 Å². The van der Waals surface area contributed by atoms with E-state index in [1.165, 1.54) is 6.20 Å². The zero-order valence-corrected chi connectivity index (χ0v) is 22.1. The summed E-state index contributed by atoms with van der Waals surface area (Å²) < 4.78 is 0. The fourth-order valence-corrected chi connectivity index (χ4v) is 2.86. The maximum Gasteiger partial charge on any atom is 1.00 e. The topological polar surface area (TPSA) is 132 Å². The Hall–Kier alpha value is -2.43. The van der Waals surface area contributed by atoms with Gasteiger partial charge >= 0.3 is 25.3 Å².